The van der Waals surface area contributed by atoms with Crippen LogP contribution in [-0.4, -0.2) is 44.1 Å². The van der Waals surface area contributed by atoms with Gasteiger partial charge in [0.1, 0.15) is 5.82 Å². The fraction of sp³-hybridized carbons (Fsp3) is 0.643. The van der Waals surface area contributed by atoms with Crippen molar-refractivity contribution < 1.29 is 4.74 Å². The summed E-state index contributed by atoms with van der Waals surface area (Å²) in [5, 5.41) is 3.21. The molecule has 1 aliphatic heterocycles. The van der Waals surface area contributed by atoms with E-state index in [-0.39, 0.29) is 6.04 Å². The van der Waals surface area contributed by atoms with Crippen LogP contribution in [0.2, 0.25) is 0 Å². The first kappa shape index (κ1) is 14.8. The Hall–Kier alpha value is -1.29. The molecule has 1 aliphatic rings. The van der Waals surface area contributed by atoms with E-state index in [2.05, 4.69) is 54.3 Å². The molecule has 4 nitrogen and oxygen atoms in total. The maximum atomic E-state index is 5.12. The first-order valence-corrected chi connectivity index (χ1v) is 6.57. The fourth-order valence-corrected chi connectivity index (χ4v) is 1.75. The molecule has 2 atom stereocenters. The van der Waals surface area contributed by atoms with Gasteiger partial charge >= 0.3 is 0 Å². The molecule has 0 amide bonds. The van der Waals surface area contributed by atoms with Crippen molar-refractivity contribution in [3.63, 3.8) is 0 Å². The number of hydrogen-bond donors (Lipinski definition) is 1. The molecule has 1 N–H and O–H groups in total. The van der Waals surface area contributed by atoms with Crippen LogP contribution in [0.4, 0.5) is 0 Å². The van der Waals surface area contributed by atoms with Crippen molar-refractivity contribution in [3.05, 3.63) is 24.0 Å². The maximum Gasteiger partial charge on any atom is 0.128 e. The number of methoxy groups -OCH3 is 1. The summed E-state index contributed by atoms with van der Waals surface area (Å²) in [5.74, 6) is 1.02. The van der Waals surface area contributed by atoms with E-state index >= 15 is 0 Å². The van der Waals surface area contributed by atoms with Crippen molar-refractivity contribution in [1.29, 1.82) is 0 Å². The molecule has 18 heavy (non-hydrogen) atoms. The van der Waals surface area contributed by atoms with Gasteiger partial charge in [-0.05, 0) is 25.8 Å². The van der Waals surface area contributed by atoms with Crippen LogP contribution < -0.4 is 5.32 Å². The molecule has 1 rings (SSSR count). The fourth-order valence-electron chi connectivity index (χ4n) is 1.75. The minimum atomic E-state index is 0.245. The Morgan fingerprint density at radius 1 is 1.61 bits per heavy atom. The highest BCUT2D eigenvalue weighted by Gasteiger charge is 2.15. The van der Waals surface area contributed by atoms with Gasteiger partial charge in [-0.15, -0.1) is 0 Å². The van der Waals surface area contributed by atoms with E-state index in [4.69, 9.17) is 4.74 Å². The number of aliphatic imine (C=N–C) groups is 1. The smallest absolute Gasteiger partial charge is 0.128 e. The second kappa shape index (κ2) is 7.93. The van der Waals surface area contributed by atoms with E-state index in [1.165, 1.54) is 0 Å². The monoisotopic (exact) mass is 251 g/mol. The summed E-state index contributed by atoms with van der Waals surface area (Å²) in [4.78, 5) is 6.59. The van der Waals surface area contributed by atoms with Gasteiger partial charge in [-0.1, -0.05) is 19.1 Å². The summed E-state index contributed by atoms with van der Waals surface area (Å²) in [6, 6.07) is 0.664. The SMILES string of the molecule is CC/C=C/C1C=C(N(C)C(C)CCOC)N=CN1. The number of ether oxygens (including phenoxy) is 1. The maximum absolute atomic E-state index is 5.12. The zero-order valence-corrected chi connectivity index (χ0v) is 11.9. The molecule has 1 heterocycles. The van der Waals surface area contributed by atoms with Crippen LogP contribution in [0, 0.1) is 0 Å². The van der Waals surface area contributed by atoms with Gasteiger partial charge in [0.25, 0.3) is 0 Å². The van der Waals surface area contributed by atoms with Gasteiger partial charge in [0.15, 0.2) is 0 Å². The van der Waals surface area contributed by atoms with Crippen molar-refractivity contribution in [2.45, 2.75) is 38.8 Å². The van der Waals surface area contributed by atoms with Gasteiger partial charge in [-0.25, -0.2) is 4.99 Å². The Balaban J connectivity index is 2.60. The Labute approximate surface area is 110 Å². The molecule has 0 saturated heterocycles. The van der Waals surface area contributed by atoms with Crippen LogP contribution in [0.25, 0.3) is 0 Å². The van der Waals surface area contributed by atoms with Gasteiger partial charge < -0.3 is 15.0 Å². The van der Waals surface area contributed by atoms with Crippen LogP contribution in [0.15, 0.2) is 29.0 Å². The lowest BCUT2D eigenvalue weighted by Gasteiger charge is -2.29. The minimum absolute atomic E-state index is 0.245. The average Bonchev–Trinajstić information content (AvgIpc) is 2.42. The first-order chi connectivity index (χ1) is 8.69. The van der Waals surface area contributed by atoms with Crippen LogP contribution in [-0.2, 0) is 4.74 Å². The van der Waals surface area contributed by atoms with E-state index in [1.807, 2.05) is 0 Å². The van der Waals surface area contributed by atoms with Crippen molar-refractivity contribution in [1.82, 2.24) is 10.2 Å². The highest BCUT2D eigenvalue weighted by Crippen LogP contribution is 2.14. The molecule has 0 bridgehead atoms. The summed E-state index contributed by atoms with van der Waals surface area (Å²) in [5.41, 5.74) is 0. The van der Waals surface area contributed by atoms with E-state index in [0.29, 0.717) is 6.04 Å². The average molecular weight is 251 g/mol. The highest BCUT2D eigenvalue weighted by molar-refractivity contribution is 5.59. The molecule has 4 heteroatoms. The topological polar surface area (TPSA) is 36.9 Å². The standard InChI is InChI=1S/C14H25N3O/c1-5-6-7-13-10-14(16-11-15-13)17(3)12(2)8-9-18-4/h6-7,10-13H,5,8-9H2,1-4H3,(H,15,16)/b7-6+. The van der Waals surface area contributed by atoms with Gasteiger partial charge in [0, 0.05) is 26.8 Å². The van der Waals surface area contributed by atoms with Crippen LogP contribution in [0.1, 0.15) is 26.7 Å². The molecule has 0 aromatic heterocycles. The Morgan fingerprint density at radius 2 is 2.39 bits per heavy atom. The normalized spacial score (nSPS) is 20.7. The van der Waals surface area contributed by atoms with E-state index in [0.717, 1.165) is 25.3 Å². The number of allylic oxidation sites excluding steroid dienone is 1. The van der Waals surface area contributed by atoms with Crippen LogP contribution in [0.3, 0.4) is 0 Å². The second-order valence-corrected chi connectivity index (χ2v) is 4.55. The molecule has 0 spiro atoms. The summed E-state index contributed by atoms with van der Waals surface area (Å²) in [6.07, 6.45) is 10.3. The van der Waals surface area contributed by atoms with Crippen molar-refractivity contribution in [2.75, 3.05) is 20.8 Å². The molecule has 0 saturated carbocycles. The van der Waals surface area contributed by atoms with Crippen LogP contribution >= 0.6 is 0 Å². The molecule has 0 aliphatic carbocycles. The summed E-state index contributed by atoms with van der Waals surface area (Å²) < 4.78 is 5.12. The van der Waals surface area contributed by atoms with Gasteiger partial charge in [0.05, 0.1) is 12.4 Å². The molecular weight excluding hydrogens is 226 g/mol. The summed E-state index contributed by atoms with van der Waals surface area (Å²) in [7, 11) is 3.82. The molecule has 102 valence electrons. The molecule has 0 fully saturated rings. The third-order valence-corrected chi connectivity index (χ3v) is 3.13. The number of nitrogens with zero attached hydrogens (tertiary/aromatic N) is 2. The molecule has 0 radical (unpaired) electrons. The van der Waals surface area contributed by atoms with Crippen LogP contribution in [0.5, 0.6) is 0 Å². The van der Waals surface area contributed by atoms with Crippen molar-refractivity contribution in [3.8, 4) is 0 Å². The predicted molar refractivity (Wildman–Crippen MR) is 76.6 cm³/mol. The largest absolute Gasteiger partial charge is 0.385 e. The molecule has 0 aromatic carbocycles. The number of hydrogen-bond acceptors (Lipinski definition) is 4. The van der Waals surface area contributed by atoms with E-state index in [9.17, 15) is 0 Å². The predicted octanol–water partition coefficient (Wildman–Crippen LogP) is 2.15. The Bertz CT molecular complexity index is 323. The van der Waals surface area contributed by atoms with Gasteiger partial charge in [-0.3, -0.25) is 0 Å². The second-order valence-electron chi connectivity index (χ2n) is 4.55. The summed E-state index contributed by atoms with van der Waals surface area (Å²) >= 11 is 0. The van der Waals surface area contributed by atoms with E-state index in [1.54, 1.807) is 13.4 Å². The molecule has 0 aromatic rings. The Kier molecular flexibility index (Phi) is 6.50. The van der Waals surface area contributed by atoms with Gasteiger partial charge in [0.2, 0.25) is 0 Å². The van der Waals surface area contributed by atoms with Crippen molar-refractivity contribution >= 4 is 6.34 Å². The lowest BCUT2D eigenvalue weighted by molar-refractivity contribution is 0.164. The first-order valence-electron chi connectivity index (χ1n) is 6.57. The third-order valence-electron chi connectivity index (χ3n) is 3.13. The minimum Gasteiger partial charge on any atom is -0.385 e. The molecule has 2 unspecified atom stereocenters. The highest BCUT2D eigenvalue weighted by atomic mass is 16.5. The van der Waals surface area contributed by atoms with Crippen molar-refractivity contribution in [2.24, 2.45) is 4.99 Å². The zero-order valence-electron chi connectivity index (χ0n) is 11.9. The van der Waals surface area contributed by atoms with E-state index < -0.39 is 0 Å². The van der Waals surface area contributed by atoms with Gasteiger partial charge in [-0.2, -0.15) is 0 Å². The Morgan fingerprint density at radius 3 is 3.06 bits per heavy atom. The third kappa shape index (κ3) is 4.53. The lowest BCUT2D eigenvalue weighted by atomic mass is 10.2. The summed E-state index contributed by atoms with van der Waals surface area (Å²) in [6.45, 7) is 5.10. The number of nitrogens with one attached hydrogen (secondary N) is 1. The molecular formula is C14H25N3O. The quantitative estimate of drug-likeness (QED) is 0.704. The number of rotatable bonds is 7. The zero-order chi connectivity index (χ0) is 13.4. The lowest BCUT2D eigenvalue weighted by Crippen LogP contribution is -2.34.